The summed E-state index contributed by atoms with van der Waals surface area (Å²) >= 11 is 9.15. The largest absolute Gasteiger partial charge is 0.507 e. The first-order chi connectivity index (χ1) is 8.15. The summed E-state index contributed by atoms with van der Waals surface area (Å²) in [5.74, 6) is 0.496. The third-order valence-corrected chi connectivity index (χ3v) is 5.65. The van der Waals surface area contributed by atoms with Gasteiger partial charge in [-0.05, 0) is 18.2 Å². The van der Waals surface area contributed by atoms with E-state index in [0.717, 1.165) is 4.47 Å². The number of benzene rings is 1. The van der Waals surface area contributed by atoms with Gasteiger partial charge in [-0.25, -0.2) is 0 Å². The summed E-state index contributed by atoms with van der Waals surface area (Å²) in [6.45, 7) is 0. The van der Waals surface area contributed by atoms with E-state index in [1.54, 1.807) is 12.1 Å². The van der Waals surface area contributed by atoms with Crippen LogP contribution in [0.3, 0.4) is 0 Å². The molecule has 4 nitrogen and oxygen atoms in total. The fourth-order valence-corrected chi connectivity index (χ4v) is 4.63. The average molecular weight is 352 g/mol. The number of rotatable bonds is 1. The van der Waals surface area contributed by atoms with Gasteiger partial charge in [0.05, 0.1) is 16.5 Å². The maximum atomic E-state index is 9.81. The first kappa shape index (κ1) is 11.6. The molecule has 0 fully saturated rings. The van der Waals surface area contributed by atoms with Crippen molar-refractivity contribution in [3.63, 3.8) is 0 Å². The maximum absolute atomic E-state index is 9.81. The van der Waals surface area contributed by atoms with Crippen LogP contribution in [0.25, 0.3) is 0 Å². The van der Waals surface area contributed by atoms with Crippen LogP contribution in [0.1, 0.15) is 5.56 Å². The van der Waals surface area contributed by atoms with Gasteiger partial charge >= 0.3 is 0 Å². The lowest BCUT2D eigenvalue weighted by Crippen LogP contribution is -2.02. The van der Waals surface area contributed by atoms with Crippen molar-refractivity contribution >= 4 is 64.4 Å². The van der Waals surface area contributed by atoms with Crippen LogP contribution in [0, 0.1) is 0 Å². The summed E-state index contributed by atoms with van der Waals surface area (Å²) in [5, 5.41) is 10.2. The predicted molar refractivity (Wildman–Crippen MR) is 76.9 cm³/mol. The van der Waals surface area contributed by atoms with Gasteiger partial charge in [0.25, 0.3) is 0 Å². The Morgan fingerprint density at radius 1 is 1.47 bits per heavy atom. The lowest BCUT2D eigenvalue weighted by atomic mass is 10.2. The van der Waals surface area contributed by atoms with E-state index < -0.39 is 9.80 Å². The third-order valence-electron chi connectivity index (χ3n) is 2.07. The van der Waals surface area contributed by atoms with E-state index >= 15 is 0 Å². The van der Waals surface area contributed by atoms with Crippen LogP contribution in [-0.4, -0.2) is 21.2 Å². The second-order valence-corrected chi connectivity index (χ2v) is 7.14. The number of aliphatic imine (C=N–C) groups is 1. The van der Waals surface area contributed by atoms with E-state index in [9.17, 15) is 5.11 Å². The van der Waals surface area contributed by atoms with Crippen molar-refractivity contribution < 1.29 is 9.29 Å². The molecule has 0 saturated carbocycles. The Kier molecular flexibility index (Phi) is 2.94. The van der Waals surface area contributed by atoms with Gasteiger partial charge in [0, 0.05) is 4.47 Å². The second-order valence-electron chi connectivity index (χ2n) is 3.16. The number of phenols is 1. The molecule has 1 unspecified atom stereocenters. The van der Waals surface area contributed by atoms with Crippen molar-refractivity contribution in [2.45, 2.75) is 0 Å². The molecular weight excluding hydrogens is 348 g/mol. The molecule has 1 aromatic rings. The zero-order valence-electron chi connectivity index (χ0n) is 8.05. The Hall–Kier alpha value is -0.500. The zero-order chi connectivity index (χ0) is 12.0. The number of hydrogen-bond acceptors (Lipinski definition) is 5. The summed E-state index contributed by atoms with van der Waals surface area (Å²) in [7, 11) is 0.677. The first-order valence-electron chi connectivity index (χ1n) is 4.43. The summed E-state index contributed by atoms with van der Waals surface area (Å²) in [4.78, 5) is 4.89. The van der Waals surface area contributed by atoms with Crippen LogP contribution < -0.4 is 0 Å². The van der Waals surface area contributed by atoms with E-state index in [1.807, 2.05) is 6.07 Å². The van der Waals surface area contributed by atoms with Crippen molar-refractivity contribution in [3.8, 4) is 5.75 Å². The molecule has 0 radical (unpaired) electrons. The van der Waals surface area contributed by atoms with E-state index in [1.165, 1.54) is 11.0 Å². The highest BCUT2D eigenvalue weighted by molar-refractivity contribution is 9.10. The Labute approximate surface area is 117 Å². The number of aromatic hydroxyl groups is 1. The molecule has 2 aliphatic heterocycles. The third kappa shape index (κ3) is 2.01. The van der Waals surface area contributed by atoms with Gasteiger partial charge in [-0.1, -0.05) is 27.5 Å². The minimum Gasteiger partial charge on any atom is -0.507 e. The Morgan fingerprint density at radius 2 is 2.29 bits per heavy atom. The first-order valence-corrected chi connectivity index (χ1v) is 8.05. The molecule has 3 rings (SSSR count). The van der Waals surface area contributed by atoms with Gasteiger partial charge in [0.1, 0.15) is 15.5 Å². The monoisotopic (exact) mass is 350 g/mol. The lowest BCUT2D eigenvalue weighted by molar-refractivity contribution is 0.471. The Morgan fingerprint density at radius 3 is 3.00 bits per heavy atom. The number of phenolic OH excluding ortho intramolecular Hbond substituents is 1. The van der Waals surface area contributed by atoms with Crippen LogP contribution in [0.2, 0.25) is 0 Å². The summed E-state index contributed by atoms with van der Waals surface area (Å²) in [6.07, 6.45) is 0. The number of hydrogen-bond donors (Lipinski definition) is 1. The molecule has 0 aromatic heterocycles. The van der Waals surface area contributed by atoms with Crippen LogP contribution in [0.5, 0.6) is 5.75 Å². The van der Waals surface area contributed by atoms with Gasteiger partial charge in [0.15, 0.2) is 10.2 Å². The Balaban J connectivity index is 1.98. The molecule has 2 heterocycles. The van der Waals surface area contributed by atoms with Gasteiger partial charge in [0.2, 0.25) is 5.90 Å². The molecule has 2 aliphatic rings. The highest BCUT2D eigenvalue weighted by Crippen LogP contribution is 2.45. The maximum Gasteiger partial charge on any atom is 0.240 e. The van der Waals surface area contributed by atoms with Crippen molar-refractivity contribution in [1.82, 2.24) is 0 Å². The van der Waals surface area contributed by atoms with Crippen molar-refractivity contribution in [2.75, 3.05) is 0 Å². The van der Waals surface area contributed by atoms with Crippen molar-refractivity contribution in [2.24, 2.45) is 9.39 Å². The molecule has 0 spiro atoms. The predicted octanol–water partition coefficient (Wildman–Crippen LogP) is 3.46. The summed E-state index contributed by atoms with van der Waals surface area (Å²) in [5.41, 5.74) is 0.549. The second kappa shape index (κ2) is 4.31. The standard InChI is InChI=1S/C9H4BrClN2O2S2/c10-4-1-2-5(6(14)3-4)8-12-9-7(11)13-16-17(9)15-8/h1-3,14H. The van der Waals surface area contributed by atoms with Crippen LogP contribution >= 0.6 is 48.3 Å². The van der Waals surface area contributed by atoms with E-state index in [0.29, 0.717) is 21.6 Å². The summed E-state index contributed by atoms with van der Waals surface area (Å²) in [6, 6.07) is 5.14. The van der Waals surface area contributed by atoms with E-state index in [4.69, 9.17) is 15.8 Å². The molecule has 1 aromatic carbocycles. The molecule has 1 N–H and O–H groups in total. The minimum atomic E-state index is -0.571. The lowest BCUT2D eigenvalue weighted by Gasteiger charge is -2.05. The van der Waals surface area contributed by atoms with Gasteiger partial charge in [-0.3, -0.25) is 0 Å². The fraction of sp³-hybridized carbons (Fsp3) is 0. The molecule has 0 bridgehead atoms. The van der Waals surface area contributed by atoms with Gasteiger partial charge in [-0.15, -0.1) is 0 Å². The molecule has 0 saturated heterocycles. The molecule has 17 heavy (non-hydrogen) atoms. The molecule has 1 atom stereocenters. The SMILES string of the molecule is Oc1cc(Br)ccc1C1=NC2=S(O1)SN=C2Cl. The fourth-order valence-electron chi connectivity index (χ4n) is 1.32. The van der Waals surface area contributed by atoms with Crippen LogP contribution in [0.4, 0.5) is 0 Å². The van der Waals surface area contributed by atoms with Crippen molar-refractivity contribution in [3.05, 3.63) is 28.2 Å². The average Bonchev–Trinajstić information content (AvgIpc) is 2.81. The Bertz CT molecular complexity index is 615. The minimum absolute atomic E-state index is 0.113. The molecule has 0 amide bonds. The molecule has 88 valence electrons. The van der Waals surface area contributed by atoms with Crippen LogP contribution in [0.15, 0.2) is 32.1 Å². The van der Waals surface area contributed by atoms with Crippen LogP contribution in [-0.2, 0) is 4.18 Å². The number of halogens is 2. The van der Waals surface area contributed by atoms with Gasteiger partial charge < -0.3 is 9.29 Å². The zero-order valence-corrected chi connectivity index (χ0v) is 12.0. The molecule has 8 heteroatoms. The van der Waals surface area contributed by atoms with Crippen molar-refractivity contribution in [1.29, 1.82) is 0 Å². The quantitative estimate of drug-likeness (QED) is 0.479. The molecular formula is C9H4BrClN2O2S2. The topological polar surface area (TPSA) is 54.2 Å². The summed E-state index contributed by atoms with van der Waals surface area (Å²) < 4.78 is 10.3. The normalized spacial score (nSPS) is 22.0. The smallest absolute Gasteiger partial charge is 0.240 e. The molecule has 0 aliphatic carbocycles. The van der Waals surface area contributed by atoms with E-state index in [2.05, 4.69) is 25.3 Å². The highest BCUT2D eigenvalue weighted by Gasteiger charge is 2.29. The van der Waals surface area contributed by atoms with Gasteiger partial charge in [-0.2, -0.15) is 9.39 Å². The highest BCUT2D eigenvalue weighted by atomic mass is 79.9. The number of nitrogens with zero attached hydrogens (tertiary/aromatic N) is 2. The van der Waals surface area contributed by atoms with E-state index in [-0.39, 0.29) is 5.75 Å².